The van der Waals surface area contributed by atoms with Crippen molar-refractivity contribution in [3.63, 3.8) is 0 Å². The summed E-state index contributed by atoms with van der Waals surface area (Å²) in [5.41, 5.74) is 7.79. The molecule has 1 rings (SSSR count). The van der Waals surface area contributed by atoms with Gasteiger partial charge in [0.2, 0.25) is 0 Å². The van der Waals surface area contributed by atoms with Gasteiger partial charge in [0, 0.05) is 28.8 Å². The van der Waals surface area contributed by atoms with Gasteiger partial charge in [-0.1, -0.05) is 42.0 Å². The highest BCUT2D eigenvalue weighted by Crippen LogP contribution is 2.24. The van der Waals surface area contributed by atoms with E-state index in [1.807, 2.05) is 18.2 Å². The van der Waals surface area contributed by atoms with Crippen LogP contribution in [0, 0.1) is 5.41 Å². The highest BCUT2D eigenvalue weighted by atomic mass is 79.9. The van der Waals surface area contributed by atoms with E-state index in [4.69, 9.17) is 18.0 Å². The van der Waals surface area contributed by atoms with Crippen molar-refractivity contribution in [2.24, 2.45) is 11.1 Å². The fourth-order valence-electron chi connectivity index (χ4n) is 2.12. The monoisotopic (exact) mass is 343 g/mol. The molecule has 3 nitrogen and oxygen atoms in total. The molecular formula is C14H22BrN3S. The molecule has 0 bridgehead atoms. The Hall–Kier alpha value is -0.650. The third-order valence-corrected chi connectivity index (χ3v) is 3.46. The van der Waals surface area contributed by atoms with E-state index in [9.17, 15) is 0 Å². The lowest BCUT2D eigenvalue weighted by molar-refractivity contribution is 0.254. The molecule has 0 saturated heterocycles. The van der Waals surface area contributed by atoms with Gasteiger partial charge in [0.1, 0.15) is 4.99 Å². The maximum atomic E-state index is 5.75. The van der Waals surface area contributed by atoms with Gasteiger partial charge in [0.25, 0.3) is 0 Å². The summed E-state index contributed by atoms with van der Waals surface area (Å²) in [6.45, 7) is 6.34. The van der Waals surface area contributed by atoms with Crippen molar-refractivity contribution < 1.29 is 0 Å². The van der Waals surface area contributed by atoms with Crippen LogP contribution in [0.2, 0.25) is 0 Å². The van der Waals surface area contributed by atoms with Gasteiger partial charge >= 0.3 is 0 Å². The smallest absolute Gasteiger partial charge is 0.106 e. The molecule has 1 aromatic rings. The molecule has 0 aliphatic carbocycles. The van der Waals surface area contributed by atoms with Crippen LogP contribution in [0.4, 0.5) is 5.69 Å². The van der Waals surface area contributed by atoms with Crippen molar-refractivity contribution >= 4 is 38.8 Å². The number of nitrogens with one attached hydrogen (secondary N) is 1. The summed E-state index contributed by atoms with van der Waals surface area (Å²) in [5, 5.41) is 3.46. The maximum Gasteiger partial charge on any atom is 0.106 e. The number of nitrogens with zero attached hydrogens (tertiary/aromatic N) is 1. The van der Waals surface area contributed by atoms with Crippen molar-refractivity contribution in [1.82, 2.24) is 4.90 Å². The quantitative estimate of drug-likeness (QED) is 0.779. The molecule has 19 heavy (non-hydrogen) atoms. The molecule has 3 N–H and O–H groups in total. The molecule has 5 heteroatoms. The Labute approximate surface area is 129 Å². The zero-order valence-corrected chi connectivity index (χ0v) is 14.4. The molecule has 106 valence electrons. The van der Waals surface area contributed by atoms with E-state index >= 15 is 0 Å². The van der Waals surface area contributed by atoms with E-state index < -0.39 is 0 Å². The van der Waals surface area contributed by atoms with Gasteiger partial charge in [-0.25, -0.2) is 0 Å². The van der Waals surface area contributed by atoms with Gasteiger partial charge in [0.15, 0.2) is 0 Å². The van der Waals surface area contributed by atoms with Gasteiger partial charge in [-0.3, -0.25) is 0 Å². The second kappa shape index (κ2) is 6.68. The standard InChI is InChI=1S/C14H22BrN3S/c1-14(2,9-18(3)4)8-17-12-7-10(15)5-6-11(12)13(16)19/h5-7,17H,8-9H2,1-4H3,(H2,16,19). The van der Waals surface area contributed by atoms with Crippen LogP contribution in [-0.4, -0.2) is 37.1 Å². The van der Waals surface area contributed by atoms with E-state index in [1.54, 1.807) is 0 Å². The Bertz CT molecular complexity index is 458. The van der Waals surface area contributed by atoms with E-state index in [1.165, 1.54) is 0 Å². The number of thiocarbonyl (C=S) groups is 1. The molecule has 0 atom stereocenters. The molecule has 0 radical (unpaired) electrons. The summed E-state index contributed by atoms with van der Waals surface area (Å²) in [5.74, 6) is 0. The highest BCUT2D eigenvalue weighted by Gasteiger charge is 2.19. The van der Waals surface area contributed by atoms with Crippen molar-refractivity contribution in [2.45, 2.75) is 13.8 Å². The number of anilines is 1. The summed E-state index contributed by atoms with van der Waals surface area (Å²) >= 11 is 8.56. The van der Waals surface area contributed by atoms with Crippen LogP contribution >= 0.6 is 28.1 Å². The van der Waals surface area contributed by atoms with Crippen LogP contribution in [0.25, 0.3) is 0 Å². The largest absolute Gasteiger partial charge is 0.389 e. The molecule has 0 unspecified atom stereocenters. The molecule has 1 aromatic carbocycles. The van der Waals surface area contributed by atoms with Crippen molar-refractivity contribution in [3.8, 4) is 0 Å². The second-order valence-electron chi connectivity index (χ2n) is 5.81. The molecule has 0 aliphatic rings. The van der Waals surface area contributed by atoms with Crippen LogP contribution in [-0.2, 0) is 0 Å². The average molecular weight is 344 g/mol. The lowest BCUT2D eigenvalue weighted by Crippen LogP contribution is -2.34. The normalized spacial score (nSPS) is 11.7. The molecule has 0 fully saturated rings. The maximum absolute atomic E-state index is 5.75. The Morgan fingerprint density at radius 3 is 2.58 bits per heavy atom. The van der Waals surface area contributed by atoms with Crippen LogP contribution in [0.15, 0.2) is 22.7 Å². The van der Waals surface area contributed by atoms with Crippen molar-refractivity contribution in [3.05, 3.63) is 28.2 Å². The Morgan fingerprint density at radius 2 is 2.05 bits per heavy atom. The van der Waals surface area contributed by atoms with Gasteiger partial charge in [-0.2, -0.15) is 0 Å². The van der Waals surface area contributed by atoms with Gasteiger partial charge in [-0.05, 0) is 37.7 Å². The van der Waals surface area contributed by atoms with E-state index in [2.05, 4.69) is 54.1 Å². The first-order chi connectivity index (χ1) is 8.71. The molecular weight excluding hydrogens is 322 g/mol. The number of rotatable bonds is 6. The highest BCUT2D eigenvalue weighted by molar-refractivity contribution is 9.10. The SMILES string of the molecule is CN(C)CC(C)(C)CNc1cc(Br)ccc1C(N)=S. The van der Waals surface area contributed by atoms with E-state index in [0.717, 1.165) is 28.8 Å². The van der Waals surface area contributed by atoms with E-state index in [0.29, 0.717) is 4.99 Å². The van der Waals surface area contributed by atoms with Crippen molar-refractivity contribution in [1.29, 1.82) is 0 Å². The number of hydrogen-bond acceptors (Lipinski definition) is 3. The minimum Gasteiger partial charge on any atom is -0.389 e. The molecule has 0 aromatic heterocycles. The summed E-state index contributed by atoms with van der Waals surface area (Å²) in [6, 6.07) is 5.90. The minimum absolute atomic E-state index is 0.166. The predicted molar refractivity (Wildman–Crippen MR) is 90.9 cm³/mol. The first-order valence-corrected chi connectivity index (χ1v) is 7.39. The molecule has 0 heterocycles. The number of nitrogens with two attached hydrogens (primary N) is 1. The van der Waals surface area contributed by atoms with Crippen molar-refractivity contribution in [2.75, 3.05) is 32.5 Å². The zero-order chi connectivity index (χ0) is 14.6. The minimum atomic E-state index is 0.166. The summed E-state index contributed by atoms with van der Waals surface area (Å²) in [6.07, 6.45) is 0. The Morgan fingerprint density at radius 1 is 1.42 bits per heavy atom. The number of hydrogen-bond donors (Lipinski definition) is 2. The zero-order valence-electron chi connectivity index (χ0n) is 12.0. The molecule has 0 spiro atoms. The van der Waals surface area contributed by atoms with Gasteiger partial charge < -0.3 is 16.0 Å². The molecule has 0 aliphatic heterocycles. The third-order valence-electron chi connectivity index (χ3n) is 2.75. The average Bonchev–Trinajstić information content (AvgIpc) is 2.24. The second-order valence-corrected chi connectivity index (χ2v) is 7.17. The molecule has 0 amide bonds. The van der Waals surface area contributed by atoms with Gasteiger partial charge in [-0.15, -0.1) is 0 Å². The fraction of sp³-hybridized carbons (Fsp3) is 0.500. The van der Waals surface area contributed by atoms with Crippen LogP contribution in [0.5, 0.6) is 0 Å². The summed E-state index contributed by atoms with van der Waals surface area (Å²) in [4.78, 5) is 2.61. The van der Waals surface area contributed by atoms with E-state index in [-0.39, 0.29) is 5.41 Å². The number of halogens is 1. The topological polar surface area (TPSA) is 41.3 Å². The van der Waals surface area contributed by atoms with Gasteiger partial charge in [0.05, 0.1) is 0 Å². The fourth-order valence-corrected chi connectivity index (χ4v) is 2.66. The lowest BCUT2D eigenvalue weighted by Gasteiger charge is -2.29. The first-order valence-electron chi connectivity index (χ1n) is 6.19. The number of benzene rings is 1. The Kier molecular flexibility index (Phi) is 5.77. The lowest BCUT2D eigenvalue weighted by atomic mass is 9.92. The predicted octanol–water partition coefficient (Wildman–Crippen LogP) is 3.08. The van der Waals surface area contributed by atoms with Crippen LogP contribution in [0.3, 0.4) is 0 Å². The summed E-state index contributed by atoms with van der Waals surface area (Å²) < 4.78 is 1.01. The summed E-state index contributed by atoms with van der Waals surface area (Å²) in [7, 11) is 4.17. The third kappa shape index (κ3) is 5.47. The first kappa shape index (κ1) is 16.4. The van der Waals surface area contributed by atoms with Crippen LogP contribution < -0.4 is 11.1 Å². The molecule has 0 saturated carbocycles. The van der Waals surface area contributed by atoms with Crippen LogP contribution in [0.1, 0.15) is 19.4 Å². The Balaban J connectivity index is 2.82.